The zero-order chi connectivity index (χ0) is 16.1. The maximum absolute atomic E-state index is 12.9. The first-order valence-electron chi connectivity index (χ1n) is 7.11. The van der Waals surface area contributed by atoms with Crippen LogP contribution >= 0.6 is 0 Å². The summed E-state index contributed by atoms with van der Waals surface area (Å²) in [6, 6.07) is 13.5. The number of aromatic nitrogens is 2. The Bertz CT molecular complexity index is 754. The molecule has 5 nitrogen and oxygen atoms in total. The van der Waals surface area contributed by atoms with E-state index < -0.39 is 0 Å². The molecule has 1 aromatic heterocycles. The van der Waals surface area contributed by atoms with Gasteiger partial charge in [0.15, 0.2) is 5.82 Å². The molecule has 0 saturated heterocycles. The molecular formula is C17H15FN2O3. The van der Waals surface area contributed by atoms with Crippen molar-refractivity contribution < 1.29 is 18.8 Å². The van der Waals surface area contributed by atoms with Gasteiger partial charge in [0, 0.05) is 6.42 Å². The van der Waals surface area contributed by atoms with Crippen LogP contribution in [-0.4, -0.2) is 15.2 Å². The molecule has 118 valence electrons. The Hall–Kier alpha value is -2.73. The number of benzene rings is 2. The van der Waals surface area contributed by atoms with Gasteiger partial charge < -0.3 is 9.84 Å². The molecule has 3 rings (SSSR count). The maximum atomic E-state index is 12.9. The molecule has 0 fully saturated rings. The highest BCUT2D eigenvalue weighted by molar-refractivity contribution is 5.22. The molecule has 0 aliphatic rings. The predicted octanol–water partition coefficient (Wildman–Crippen LogP) is 2.87. The molecule has 23 heavy (non-hydrogen) atoms. The highest BCUT2D eigenvalue weighted by atomic mass is 19.1. The summed E-state index contributed by atoms with van der Waals surface area (Å²) in [5, 5.41) is 12.8. The molecule has 0 bridgehead atoms. The van der Waals surface area contributed by atoms with E-state index in [1.165, 1.54) is 12.1 Å². The second-order valence-corrected chi connectivity index (χ2v) is 5.04. The van der Waals surface area contributed by atoms with E-state index in [1.54, 1.807) is 12.1 Å². The summed E-state index contributed by atoms with van der Waals surface area (Å²) in [6.07, 6.45) is 0.534. The zero-order valence-electron chi connectivity index (χ0n) is 12.3. The summed E-state index contributed by atoms with van der Waals surface area (Å²) in [6.45, 7) is 0.307. The van der Waals surface area contributed by atoms with Crippen LogP contribution in [0.3, 0.4) is 0 Å². The van der Waals surface area contributed by atoms with Crippen LogP contribution in [0.4, 0.5) is 4.39 Å². The topological polar surface area (TPSA) is 68.4 Å². The lowest BCUT2D eigenvalue weighted by Gasteiger charge is -2.02. The third kappa shape index (κ3) is 4.14. The van der Waals surface area contributed by atoms with Crippen molar-refractivity contribution in [3.8, 4) is 6.08 Å². The Kier molecular flexibility index (Phi) is 4.63. The minimum Gasteiger partial charge on any atom is -0.444 e. The number of hydrogen-bond donors (Lipinski definition) is 1. The first-order chi connectivity index (χ1) is 11.2. The van der Waals surface area contributed by atoms with Gasteiger partial charge in [-0.1, -0.05) is 41.6 Å². The fraction of sp³-hybridized carbons (Fsp3) is 0.176. The molecule has 0 radical (unpaired) electrons. The number of ether oxygens (including phenoxy) is 1. The summed E-state index contributed by atoms with van der Waals surface area (Å²) < 4.78 is 23.3. The van der Waals surface area contributed by atoms with Gasteiger partial charge in [0.2, 0.25) is 0 Å². The fourth-order valence-electron chi connectivity index (χ4n) is 2.04. The van der Waals surface area contributed by atoms with E-state index in [1.807, 2.05) is 24.3 Å². The van der Waals surface area contributed by atoms with Gasteiger partial charge in [0.25, 0.3) is 0 Å². The van der Waals surface area contributed by atoms with Crippen LogP contribution in [0.25, 0.3) is 0 Å². The minimum absolute atomic E-state index is 0.0115. The van der Waals surface area contributed by atoms with Crippen molar-refractivity contribution in [2.24, 2.45) is 0 Å². The number of aliphatic hydroxyl groups excluding tert-OH is 1. The van der Waals surface area contributed by atoms with Gasteiger partial charge in [-0.15, -0.1) is 0 Å². The normalized spacial score (nSPS) is 10.7. The molecule has 0 atom stereocenters. The van der Waals surface area contributed by atoms with Crippen LogP contribution in [-0.2, 0) is 19.6 Å². The van der Waals surface area contributed by atoms with Crippen molar-refractivity contribution >= 4 is 0 Å². The lowest BCUT2D eigenvalue weighted by molar-refractivity contribution is 0.195. The quantitative estimate of drug-likeness (QED) is 0.757. The summed E-state index contributed by atoms with van der Waals surface area (Å²) in [4.78, 5) is 4.14. The molecule has 1 heterocycles. The first-order valence-corrected chi connectivity index (χ1v) is 7.11. The molecule has 2 aromatic carbocycles. The number of hydrogen-bond acceptors (Lipinski definition) is 5. The van der Waals surface area contributed by atoms with Gasteiger partial charge in [-0.3, -0.25) is 4.52 Å². The second-order valence-electron chi connectivity index (χ2n) is 5.04. The van der Waals surface area contributed by atoms with Crippen molar-refractivity contribution in [3.63, 3.8) is 0 Å². The van der Waals surface area contributed by atoms with Crippen LogP contribution < -0.4 is 4.74 Å². The van der Waals surface area contributed by atoms with Crippen molar-refractivity contribution in [1.29, 1.82) is 0 Å². The molecule has 3 aromatic rings. The highest BCUT2D eigenvalue weighted by Gasteiger charge is 2.08. The SMILES string of the molecule is OCc1ccc(COc2nc(Cc3ccc(F)cc3)no2)cc1. The van der Waals surface area contributed by atoms with Crippen LogP contribution in [0.1, 0.15) is 22.5 Å². The van der Waals surface area contributed by atoms with Gasteiger partial charge in [0.1, 0.15) is 12.4 Å². The van der Waals surface area contributed by atoms with Gasteiger partial charge >= 0.3 is 6.08 Å². The van der Waals surface area contributed by atoms with Gasteiger partial charge in [0.05, 0.1) is 6.61 Å². The molecule has 0 amide bonds. The van der Waals surface area contributed by atoms with E-state index >= 15 is 0 Å². The van der Waals surface area contributed by atoms with Gasteiger partial charge in [-0.2, -0.15) is 4.98 Å². The third-order valence-electron chi connectivity index (χ3n) is 3.29. The van der Waals surface area contributed by atoms with Crippen LogP contribution in [0.15, 0.2) is 53.1 Å². The summed E-state index contributed by atoms with van der Waals surface area (Å²) in [5.74, 6) is 0.195. The molecule has 6 heteroatoms. The molecule has 0 saturated carbocycles. The summed E-state index contributed by atoms with van der Waals surface area (Å²) in [7, 11) is 0. The first kappa shape index (κ1) is 15.2. The average molecular weight is 314 g/mol. The molecule has 0 spiro atoms. The number of aliphatic hydroxyl groups is 1. The number of halogens is 1. The van der Waals surface area contributed by atoms with Crippen molar-refractivity contribution in [2.75, 3.05) is 0 Å². The van der Waals surface area contributed by atoms with E-state index in [-0.39, 0.29) is 18.5 Å². The number of nitrogens with zero attached hydrogens (tertiary/aromatic N) is 2. The third-order valence-corrected chi connectivity index (χ3v) is 3.29. The van der Waals surface area contributed by atoms with Gasteiger partial charge in [-0.25, -0.2) is 4.39 Å². The second kappa shape index (κ2) is 7.02. The van der Waals surface area contributed by atoms with Crippen LogP contribution in [0.5, 0.6) is 6.08 Å². The largest absolute Gasteiger partial charge is 0.444 e. The standard InChI is InChI=1S/C17H15FN2O3/c18-15-7-5-12(6-8-15)9-16-19-17(23-20-16)22-11-14-3-1-13(10-21)2-4-14/h1-8,21H,9-11H2. The lowest BCUT2D eigenvalue weighted by atomic mass is 10.1. The van der Waals surface area contributed by atoms with Crippen LogP contribution in [0.2, 0.25) is 0 Å². The van der Waals surface area contributed by atoms with E-state index in [4.69, 9.17) is 14.4 Å². The molecule has 0 aliphatic carbocycles. The van der Waals surface area contributed by atoms with E-state index in [0.29, 0.717) is 18.9 Å². The smallest absolute Gasteiger partial charge is 0.417 e. The molecule has 1 N–H and O–H groups in total. The monoisotopic (exact) mass is 314 g/mol. The summed E-state index contributed by atoms with van der Waals surface area (Å²) in [5.41, 5.74) is 2.66. The highest BCUT2D eigenvalue weighted by Crippen LogP contribution is 2.14. The fourth-order valence-corrected chi connectivity index (χ4v) is 2.04. The minimum atomic E-state index is -0.280. The Morgan fingerprint density at radius 2 is 1.61 bits per heavy atom. The lowest BCUT2D eigenvalue weighted by Crippen LogP contribution is -1.96. The molecule has 0 aliphatic heterocycles. The Morgan fingerprint density at radius 3 is 2.30 bits per heavy atom. The number of rotatable bonds is 6. The van der Waals surface area contributed by atoms with E-state index in [0.717, 1.165) is 16.7 Å². The predicted molar refractivity (Wildman–Crippen MR) is 80.2 cm³/mol. The van der Waals surface area contributed by atoms with Crippen LogP contribution in [0, 0.1) is 5.82 Å². The van der Waals surface area contributed by atoms with Crippen molar-refractivity contribution in [3.05, 3.63) is 76.9 Å². The van der Waals surface area contributed by atoms with E-state index in [2.05, 4.69) is 10.1 Å². The Labute approximate surface area is 132 Å². The summed E-state index contributed by atoms with van der Waals surface area (Å²) >= 11 is 0. The van der Waals surface area contributed by atoms with Crippen molar-refractivity contribution in [2.45, 2.75) is 19.6 Å². The Morgan fingerprint density at radius 1 is 0.957 bits per heavy atom. The Balaban J connectivity index is 1.57. The zero-order valence-corrected chi connectivity index (χ0v) is 12.3. The maximum Gasteiger partial charge on any atom is 0.417 e. The molecule has 0 unspecified atom stereocenters. The molecular weight excluding hydrogens is 299 g/mol. The van der Waals surface area contributed by atoms with Crippen molar-refractivity contribution in [1.82, 2.24) is 10.1 Å². The average Bonchev–Trinajstić information content (AvgIpc) is 3.03. The van der Waals surface area contributed by atoms with E-state index in [9.17, 15) is 4.39 Å². The van der Waals surface area contributed by atoms with Gasteiger partial charge in [-0.05, 0) is 28.8 Å².